The Balaban J connectivity index is 2.53. The molecular weight excluding hydrogens is 232 g/mol. The van der Waals surface area contributed by atoms with Crippen LogP contribution in [0.15, 0.2) is 0 Å². The van der Waals surface area contributed by atoms with Crippen LogP contribution in [0.2, 0.25) is 0 Å². The lowest BCUT2D eigenvalue weighted by Gasteiger charge is -2.36. The van der Waals surface area contributed by atoms with E-state index in [1.807, 2.05) is 11.8 Å². The number of carbonyl (C=O) groups is 2. The molecule has 0 spiro atoms. The molecule has 1 heterocycles. The number of hydrogen-bond acceptors (Lipinski definition) is 3. The van der Waals surface area contributed by atoms with Gasteiger partial charge in [0.25, 0.3) is 0 Å². The Bertz CT molecular complexity index is 294. The number of nitrogens with zero attached hydrogens (tertiary/aromatic N) is 2. The van der Waals surface area contributed by atoms with Gasteiger partial charge in [-0.05, 0) is 32.2 Å². The fourth-order valence-electron chi connectivity index (χ4n) is 2.51. The molecule has 1 fully saturated rings. The minimum absolute atomic E-state index is 0.0626. The average Bonchev–Trinajstić information content (AvgIpc) is 2.37. The number of carboxylic acids is 1. The van der Waals surface area contributed by atoms with Crippen LogP contribution in [0.25, 0.3) is 0 Å². The predicted octanol–water partition coefficient (Wildman–Crippen LogP) is 1.18. The molecule has 0 aromatic rings. The van der Waals surface area contributed by atoms with Crippen molar-refractivity contribution in [3.63, 3.8) is 0 Å². The molecule has 1 unspecified atom stereocenters. The van der Waals surface area contributed by atoms with E-state index < -0.39 is 5.97 Å². The molecule has 104 valence electrons. The fourth-order valence-corrected chi connectivity index (χ4v) is 2.51. The molecule has 1 aliphatic heterocycles. The molecular formula is C13H24N2O3. The maximum Gasteiger partial charge on any atom is 0.317 e. The zero-order chi connectivity index (χ0) is 13.5. The normalized spacial score (nSPS) is 20.2. The first kappa shape index (κ1) is 15.0. The summed E-state index contributed by atoms with van der Waals surface area (Å²) in [6.45, 7) is 5.55. The third-order valence-corrected chi connectivity index (χ3v) is 3.58. The SMILES string of the molecule is CCC1CCCCN1C(=O)CN(CC)CC(=O)O. The smallest absolute Gasteiger partial charge is 0.317 e. The Morgan fingerprint density at radius 2 is 2.00 bits per heavy atom. The zero-order valence-electron chi connectivity index (χ0n) is 11.4. The minimum Gasteiger partial charge on any atom is -0.480 e. The van der Waals surface area contributed by atoms with Crippen molar-refractivity contribution in [3.8, 4) is 0 Å². The van der Waals surface area contributed by atoms with E-state index in [1.165, 1.54) is 6.42 Å². The molecule has 1 N–H and O–H groups in total. The number of likely N-dealkylation sites (N-methyl/N-ethyl adjacent to an activating group) is 1. The Hall–Kier alpha value is -1.10. The standard InChI is InChI=1S/C13H24N2O3/c1-3-11-7-5-6-8-15(11)12(16)9-14(4-2)10-13(17)18/h11H,3-10H2,1-2H3,(H,17,18). The highest BCUT2D eigenvalue weighted by atomic mass is 16.4. The van der Waals surface area contributed by atoms with E-state index in [2.05, 4.69) is 6.92 Å². The lowest BCUT2D eigenvalue weighted by Crippen LogP contribution is -2.48. The molecule has 5 nitrogen and oxygen atoms in total. The molecule has 1 atom stereocenters. The van der Waals surface area contributed by atoms with Crippen LogP contribution in [0.5, 0.6) is 0 Å². The van der Waals surface area contributed by atoms with Gasteiger partial charge < -0.3 is 10.0 Å². The molecule has 0 bridgehead atoms. The van der Waals surface area contributed by atoms with Gasteiger partial charge in [0.2, 0.25) is 5.91 Å². The van der Waals surface area contributed by atoms with E-state index >= 15 is 0 Å². The van der Waals surface area contributed by atoms with E-state index in [1.54, 1.807) is 4.90 Å². The zero-order valence-corrected chi connectivity index (χ0v) is 11.4. The van der Waals surface area contributed by atoms with Crippen LogP contribution in [0.4, 0.5) is 0 Å². The average molecular weight is 256 g/mol. The van der Waals surface area contributed by atoms with Crippen LogP contribution >= 0.6 is 0 Å². The molecule has 1 rings (SSSR count). The van der Waals surface area contributed by atoms with Gasteiger partial charge in [0.1, 0.15) is 0 Å². The summed E-state index contributed by atoms with van der Waals surface area (Å²) < 4.78 is 0. The van der Waals surface area contributed by atoms with Crippen molar-refractivity contribution < 1.29 is 14.7 Å². The summed E-state index contributed by atoms with van der Waals surface area (Å²) in [5.74, 6) is -0.806. The predicted molar refractivity (Wildman–Crippen MR) is 69.4 cm³/mol. The van der Waals surface area contributed by atoms with Gasteiger partial charge in [0.05, 0.1) is 13.1 Å². The monoisotopic (exact) mass is 256 g/mol. The van der Waals surface area contributed by atoms with Gasteiger partial charge in [0, 0.05) is 12.6 Å². The highest BCUT2D eigenvalue weighted by molar-refractivity contribution is 5.79. The third kappa shape index (κ3) is 4.29. The minimum atomic E-state index is -0.879. The first-order valence-corrected chi connectivity index (χ1v) is 6.82. The quantitative estimate of drug-likeness (QED) is 0.775. The van der Waals surface area contributed by atoms with Gasteiger partial charge >= 0.3 is 5.97 Å². The van der Waals surface area contributed by atoms with E-state index in [-0.39, 0.29) is 19.0 Å². The van der Waals surface area contributed by atoms with E-state index in [9.17, 15) is 9.59 Å². The molecule has 1 aliphatic rings. The van der Waals surface area contributed by atoms with Crippen molar-refractivity contribution in [3.05, 3.63) is 0 Å². The number of rotatable bonds is 6. The van der Waals surface area contributed by atoms with Crippen molar-refractivity contribution in [1.82, 2.24) is 9.80 Å². The summed E-state index contributed by atoms with van der Waals surface area (Å²) in [5.41, 5.74) is 0. The van der Waals surface area contributed by atoms with Crippen LogP contribution in [-0.4, -0.2) is 59.0 Å². The number of aliphatic carboxylic acids is 1. The van der Waals surface area contributed by atoms with Crippen molar-refractivity contribution in [1.29, 1.82) is 0 Å². The fraction of sp³-hybridized carbons (Fsp3) is 0.846. The van der Waals surface area contributed by atoms with Crippen LogP contribution in [-0.2, 0) is 9.59 Å². The lowest BCUT2D eigenvalue weighted by atomic mass is 10.00. The second-order valence-corrected chi connectivity index (χ2v) is 4.84. The summed E-state index contributed by atoms with van der Waals surface area (Å²) in [4.78, 5) is 26.5. The number of amides is 1. The third-order valence-electron chi connectivity index (χ3n) is 3.58. The molecule has 0 aromatic carbocycles. The van der Waals surface area contributed by atoms with Crippen molar-refractivity contribution in [2.24, 2.45) is 0 Å². The molecule has 1 saturated heterocycles. The van der Waals surface area contributed by atoms with Crippen molar-refractivity contribution in [2.75, 3.05) is 26.2 Å². The van der Waals surface area contributed by atoms with Gasteiger partial charge in [0.15, 0.2) is 0 Å². The van der Waals surface area contributed by atoms with E-state index in [0.717, 1.165) is 25.8 Å². The number of carbonyl (C=O) groups excluding carboxylic acids is 1. The Morgan fingerprint density at radius 3 is 2.56 bits per heavy atom. The first-order chi connectivity index (χ1) is 8.58. The maximum atomic E-state index is 12.2. The van der Waals surface area contributed by atoms with E-state index in [0.29, 0.717) is 12.6 Å². The summed E-state index contributed by atoms with van der Waals surface area (Å²) in [5, 5.41) is 8.77. The lowest BCUT2D eigenvalue weighted by molar-refractivity contribution is -0.140. The maximum absolute atomic E-state index is 12.2. The van der Waals surface area contributed by atoms with Gasteiger partial charge in [-0.25, -0.2) is 0 Å². The highest BCUT2D eigenvalue weighted by Crippen LogP contribution is 2.19. The number of hydrogen-bond donors (Lipinski definition) is 1. The molecule has 5 heteroatoms. The number of piperidine rings is 1. The molecule has 1 amide bonds. The second-order valence-electron chi connectivity index (χ2n) is 4.84. The number of likely N-dealkylation sites (tertiary alicyclic amines) is 1. The molecule has 0 saturated carbocycles. The van der Waals surface area contributed by atoms with Gasteiger partial charge in [-0.15, -0.1) is 0 Å². The van der Waals surface area contributed by atoms with Crippen LogP contribution in [0.3, 0.4) is 0 Å². The van der Waals surface area contributed by atoms with Crippen molar-refractivity contribution >= 4 is 11.9 Å². The largest absolute Gasteiger partial charge is 0.480 e. The molecule has 0 aliphatic carbocycles. The Labute approximate surface area is 109 Å². The Kier molecular flexibility index (Phi) is 6.12. The number of carboxylic acid groups (broad SMARTS) is 1. The molecule has 0 aromatic heterocycles. The summed E-state index contributed by atoms with van der Waals surface area (Å²) in [6, 6.07) is 0.342. The van der Waals surface area contributed by atoms with Crippen LogP contribution in [0, 0.1) is 0 Å². The Morgan fingerprint density at radius 1 is 1.28 bits per heavy atom. The first-order valence-electron chi connectivity index (χ1n) is 6.82. The summed E-state index contributed by atoms with van der Waals surface area (Å²) in [6.07, 6.45) is 4.31. The topological polar surface area (TPSA) is 60.9 Å². The molecule has 0 radical (unpaired) electrons. The van der Waals surface area contributed by atoms with Crippen molar-refractivity contribution in [2.45, 2.75) is 45.6 Å². The van der Waals surface area contributed by atoms with E-state index in [4.69, 9.17) is 5.11 Å². The second kappa shape index (κ2) is 7.36. The van der Waals surface area contributed by atoms with Gasteiger partial charge in [-0.2, -0.15) is 0 Å². The van der Waals surface area contributed by atoms with Crippen LogP contribution in [0.1, 0.15) is 39.5 Å². The highest BCUT2D eigenvalue weighted by Gasteiger charge is 2.26. The van der Waals surface area contributed by atoms with Gasteiger partial charge in [-0.1, -0.05) is 13.8 Å². The summed E-state index contributed by atoms with van der Waals surface area (Å²) in [7, 11) is 0. The molecule has 18 heavy (non-hydrogen) atoms. The van der Waals surface area contributed by atoms with Crippen LogP contribution < -0.4 is 0 Å². The van der Waals surface area contributed by atoms with Gasteiger partial charge in [-0.3, -0.25) is 14.5 Å². The summed E-state index contributed by atoms with van der Waals surface area (Å²) >= 11 is 0.